The highest BCUT2D eigenvalue weighted by atomic mass is 32.2. The lowest BCUT2D eigenvalue weighted by atomic mass is 9.50. The number of sulfone groups is 1. The largest absolute Gasteiger partial charge is 0.356 e. The first-order chi connectivity index (χ1) is 11.4. The Morgan fingerprint density at radius 2 is 2.04 bits per heavy atom. The summed E-state index contributed by atoms with van der Waals surface area (Å²) in [6.45, 7) is 1.74. The molecule has 0 aromatic carbocycles. The Balaban J connectivity index is 1.38. The first-order valence-corrected chi connectivity index (χ1v) is 10.4. The highest BCUT2D eigenvalue weighted by molar-refractivity contribution is 7.91. The fourth-order valence-corrected chi connectivity index (χ4v) is 5.81. The minimum Gasteiger partial charge on any atom is -0.356 e. The van der Waals surface area contributed by atoms with Crippen LogP contribution in [0.4, 0.5) is 5.82 Å². The molecule has 2 heterocycles. The van der Waals surface area contributed by atoms with E-state index in [-0.39, 0.29) is 5.75 Å². The predicted molar refractivity (Wildman–Crippen MR) is 94.8 cm³/mol. The number of aromatic amines is 1. The van der Waals surface area contributed by atoms with Crippen LogP contribution >= 0.6 is 0 Å². The summed E-state index contributed by atoms with van der Waals surface area (Å²) in [6.07, 6.45) is 7.92. The molecule has 0 radical (unpaired) electrons. The van der Waals surface area contributed by atoms with Crippen LogP contribution < -0.4 is 4.90 Å². The Morgan fingerprint density at radius 1 is 1.29 bits per heavy atom. The summed E-state index contributed by atoms with van der Waals surface area (Å²) in [5.74, 6) is 1.99. The van der Waals surface area contributed by atoms with Gasteiger partial charge in [0, 0.05) is 25.0 Å². The van der Waals surface area contributed by atoms with E-state index in [1.54, 1.807) is 13.3 Å². The van der Waals surface area contributed by atoms with Crippen molar-refractivity contribution in [1.29, 1.82) is 0 Å². The third-order valence-corrected chi connectivity index (χ3v) is 7.78. The third kappa shape index (κ3) is 2.59. The van der Waals surface area contributed by atoms with E-state index in [0.717, 1.165) is 42.5 Å². The highest BCUT2D eigenvalue weighted by Crippen LogP contribution is 2.60. The van der Waals surface area contributed by atoms with Crippen LogP contribution in [-0.4, -0.2) is 48.0 Å². The molecule has 0 aliphatic heterocycles. The zero-order chi connectivity index (χ0) is 16.9. The molecule has 0 atom stereocenters. The number of H-pyrrole nitrogens is 1. The molecule has 2 aliphatic carbocycles. The topological polar surface area (TPSA) is 79.0 Å². The number of rotatable bonds is 5. The van der Waals surface area contributed by atoms with Gasteiger partial charge in [0.15, 0.2) is 0 Å². The van der Waals surface area contributed by atoms with Crippen molar-refractivity contribution in [1.82, 2.24) is 15.0 Å². The van der Waals surface area contributed by atoms with Gasteiger partial charge in [0.2, 0.25) is 0 Å². The van der Waals surface area contributed by atoms with Gasteiger partial charge in [-0.25, -0.2) is 18.4 Å². The van der Waals surface area contributed by atoms with E-state index in [1.807, 2.05) is 12.3 Å². The number of fused-ring (bicyclic) bond motifs is 1. The predicted octanol–water partition coefficient (Wildman–Crippen LogP) is 2.39. The lowest BCUT2D eigenvalue weighted by Gasteiger charge is -2.59. The summed E-state index contributed by atoms with van der Waals surface area (Å²) in [4.78, 5) is 14.1. The second kappa shape index (κ2) is 5.44. The molecule has 0 saturated heterocycles. The summed E-state index contributed by atoms with van der Waals surface area (Å²) in [5, 5.41) is 1.06. The first-order valence-electron chi connectivity index (χ1n) is 8.63. The second-order valence-corrected chi connectivity index (χ2v) is 9.98. The van der Waals surface area contributed by atoms with Crippen LogP contribution in [0.15, 0.2) is 18.6 Å². The van der Waals surface area contributed by atoms with Gasteiger partial charge < -0.3 is 9.88 Å². The van der Waals surface area contributed by atoms with Crippen molar-refractivity contribution in [3.8, 4) is 0 Å². The normalized spacial score (nSPS) is 29.4. The molecule has 1 N–H and O–H groups in total. The number of hydrogen-bond donors (Lipinski definition) is 1. The maximum Gasteiger partial charge on any atom is 0.150 e. The minimum absolute atomic E-state index is 0.266. The van der Waals surface area contributed by atoms with Crippen LogP contribution in [0.25, 0.3) is 11.0 Å². The van der Waals surface area contributed by atoms with Crippen LogP contribution in [0.1, 0.15) is 32.6 Å². The third-order valence-electron chi connectivity index (χ3n) is 5.92. The molecule has 0 unspecified atom stereocenters. The number of anilines is 1. The van der Waals surface area contributed by atoms with E-state index in [4.69, 9.17) is 0 Å². The Hall–Kier alpha value is -1.63. The molecule has 6 nitrogen and oxygen atoms in total. The fourth-order valence-electron chi connectivity index (χ4n) is 4.62. The lowest BCUT2D eigenvalue weighted by Crippen LogP contribution is -2.56. The van der Waals surface area contributed by atoms with Crippen molar-refractivity contribution in [3.05, 3.63) is 18.6 Å². The molecule has 2 aliphatic rings. The molecule has 0 amide bonds. The number of nitrogens with zero attached hydrogens (tertiary/aromatic N) is 3. The van der Waals surface area contributed by atoms with Gasteiger partial charge in [0.05, 0.1) is 11.1 Å². The summed E-state index contributed by atoms with van der Waals surface area (Å²) in [5.41, 5.74) is 1.26. The van der Waals surface area contributed by atoms with Crippen molar-refractivity contribution in [3.63, 3.8) is 0 Å². The average Bonchev–Trinajstić information content (AvgIpc) is 2.96. The molecular formula is C17H24N4O2S. The SMILES string of the molecule is CCS(=O)(=O)CC1CC2(C1)CC(N(C)c1ncnc3[nH]ccc13)C2. The molecule has 0 bridgehead atoms. The molecule has 7 heteroatoms. The van der Waals surface area contributed by atoms with Gasteiger partial charge in [-0.3, -0.25) is 0 Å². The van der Waals surface area contributed by atoms with E-state index in [2.05, 4.69) is 26.9 Å². The summed E-state index contributed by atoms with van der Waals surface area (Å²) >= 11 is 0. The van der Waals surface area contributed by atoms with E-state index in [0.29, 0.717) is 23.1 Å². The van der Waals surface area contributed by atoms with Gasteiger partial charge in [-0.15, -0.1) is 0 Å². The van der Waals surface area contributed by atoms with Gasteiger partial charge in [0.25, 0.3) is 0 Å². The van der Waals surface area contributed by atoms with E-state index >= 15 is 0 Å². The molecule has 2 saturated carbocycles. The number of nitrogens with one attached hydrogen (secondary N) is 1. The summed E-state index contributed by atoms with van der Waals surface area (Å²) < 4.78 is 23.5. The van der Waals surface area contributed by atoms with Crippen molar-refractivity contribution >= 4 is 26.7 Å². The number of hydrogen-bond acceptors (Lipinski definition) is 5. The molecule has 2 aromatic heterocycles. The molecule has 24 heavy (non-hydrogen) atoms. The second-order valence-electron chi connectivity index (χ2n) is 7.58. The minimum atomic E-state index is -2.84. The number of aromatic nitrogens is 3. The van der Waals surface area contributed by atoms with Crippen molar-refractivity contribution in [2.45, 2.75) is 38.6 Å². The molecule has 2 aromatic rings. The van der Waals surface area contributed by atoms with Gasteiger partial charge in [0.1, 0.15) is 27.6 Å². The quantitative estimate of drug-likeness (QED) is 0.897. The van der Waals surface area contributed by atoms with Crippen LogP contribution in [0.2, 0.25) is 0 Å². The maximum atomic E-state index is 11.8. The van der Waals surface area contributed by atoms with Gasteiger partial charge in [-0.2, -0.15) is 0 Å². The van der Waals surface area contributed by atoms with Gasteiger partial charge in [-0.1, -0.05) is 6.92 Å². The Bertz CT molecular complexity index is 846. The molecular weight excluding hydrogens is 324 g/mol. The van der Waals surface area contributed by atoms with E-state index < -0.39 is 9.84 Å². The molecule has 4 rings (SSSR count). The Labute approximate surface area is 142 Å². The highest BCUT2D eigenvalue weighted by Gasteiger charge is 2.54. The van der Waals surface area contributed by atoms with Crippen molar-refractivity contribution in [2.75, 3.05) is 23.5 Å². The van der Waals surface area contributed by atoms with Crippen molar-refractivity contribution < 1.29 is 8.42 Å². The monoisotopic (exact) mass is 348 g/mol. The summed E-state index contributed by atoms with van der Waals surface area (Å²) in [6, 6.07) is 2.51. The standard InChI is InChI=1S/C17H24N4O2S/c1-3-24(22,23)10-12-6-17(7-12)8-13(9-17)21(2)16-14-4-5-18-15(14)19-11-20-16/h4-5,11-13H,3,6-10H2,1-2H3,(H,18,19,20). The van der Waals surface area contributed by atoms with Crippen LogP contribution in [0.3, 0.4) is 0 Å². The van der Waals surface area contributed by atoms with Gasteiger partial charge in [-0.05, 0) is 43.1 Å². The smallest absolute Gasteiger partial charge is 0.150 e. The maximum absolute atomic E-state index is 11.8. The van der Waals surface area contributed by atoms with E-state index in [9.17, 15) is 8.42 Å². The zero-order valence-corrected chi connectivity index (χ0v) is 15.0. The lowest BCUT2D eigenvalue weighted by molar-refractivity contribution is -0.0313. The van der Waals surface area contributed by atoms with Crippen LogP contribution in [0, 0.1) is 11.3 Å². The molecule has 2 fully saturated rings. The van der Waals surface area contributed by atoms with Crippen LogP contribution in [-0.2, 0) is 9.84 Å². The molecule has 1 spiro atoms. The average molecular weight is 348 g/mol. The Kier molecular flexibility index (Phi) is 3.60. The van der Waals surface area contributed by atoms with E-state index in [1.165, 1.54) is 0 Å². The Morgan fingerprint density at radius 3 is 2.75 bits per heavy atom. The summed E-state index contributed by atoms with van der Waals surface area (Å²) in [7, 11) is -0.734. The van der Waals surface area contributed by atoms with Gasteiger partial charge >= 0.3 is 0 Å². The first kappa shape index (κ1) is 15.9. The fraction of sp³-hybridized carbons (Fsp3) is 0.647. The van der Waals surface area contributed by atoms with Crippen molar-refractivity contribution in [2.24, 2.45) is 11.3 Å². The van der Waals surface area contributed by atoms with Crippen LogP contribution in [0.5, 0.6) is 0 Å². The zero-order valence-electron chi connectivity index (χ0n) is 14.2. The molecule has 130 valence electrons.